The van der Waals surface area contributed by atoms with Gasteiger partial charge in [0.2, 0.25) is 10.0 Å². The summed E-state index contributed by atoms with van der Waals surface area (Å²) in [5.41, 5.74) is 0.841. The van der Waals surface area contributed by atoms with Crippen molar-refractivity contribution in [3.05, 3.63) is 58.8 Å². The molecular weight excluding hydrogens is 338 g/mol. The average Bonchev–Trinajstić information content (AvgIpc) is 2.69. The Morgan fingerprint density at radius 1 is 1.13 bits per heavy atom. The molecule has 1 aliphatic rings. The largest absolute Gasteiger partial charge is 0.489 e. The Hall–Kier alpha value is -2.02. The highest BCUT2D eigenvalue weighted by Gasteiger charge is 2.18. The Labute approximate surface area is 139 Å². The Morgan fingerprint density at radius 2 is 1.91 bits per heavy atom. The maximum Gasteiger partial charge on any atom is 0.238 e. The monoisotopic (exact) mass is 351 g/mol. The van der Waals surface area contributed by atoms with E-state index in [2.05, 4.69) is 0 Å². The van der Waals surface area contributed by atoms with E-state index in [1.165, 1.54) is 18.2 Å². The summed E-state index contributed by atoms with van der Waals surface area (Å²) in [7, 11) is -3.78. The molecule has 0 radical (unpaired) electrons. The number of fused-ring (bicyclic) bond motifs is 1. The average molecular weight is 352 g/mol. The first-order chi connectivity index (χ1) is 10.9. The Balaban J connectivity index is 1.94. The number of ether oxygens (including phenoxy) is 2. The summed E-state index contributed by atoms with van der Waals surface area (Å²) >= 11 is 6.14. The zero-order chi connectivity index (χ0) is 16.4. The molecule has 1 aliphatic heterocycles. The van der Waals surface area contributed by atoms with Crippen LogP contribution in [0.15, 0.2) is 53.1 Å². The van der Waals surface area contributed by atoms with E-state index in [1.54, 1.807) is 6.07 Å². The van der Waals surface area contributed by atoms with Gasteiger partial charge >= 0.3 is 0 Å². The molecule has 2 N–H and O–H groups in total. The van der Waals surface area contributed by atoms with Crippen molar-refractivity contribution >= 4 is 27.7 Å². The molecule has 120 valence electrons. The summed E-state index contributed by atoms with van der Waals surface area (Å²) in [5.74, 6) is 1.47. The van der Waals surface area contributed by atoms with Crippen molar-refractivity contribution < 1.29 is 17.9 Å². The van der Waals surface area contributed by atoms with Crippen LogP contribution in [0, 0.1) is 0 Å². The predicted octanol–water partition coefficient (Wildman–Crippen LogP) is 3.19. The van der Waals surface area contributed by atoms with E-state index in [4.69, 9.17) is 26.2 Å². The standard InChI is InChI=1S/C16H14ClNO4S/c17-14-4-2-1-3-11(14)9-12-7-8-21-16-10-13(23(18,19)20)5-6-15(16)22-12/h1-6,9-10H,7-8H2,(H2,18,19,20). The number of sulfonamides is 1. The van der Waals surface area contributed by atoms with Crippen molar-refractivity contribution in [2.45, 2.75) is 11.3 Å². The van der Waals surface area contributed by atoms with Crippen LogP contribution in [0.3, 0.4) is 0 Å². The lowest BCUT2D eigenvalue weighted by molar-refractivity contribution is 0.326. The molecule has 7 heteroatoms. The first-order valence-corrected chi connectivity index (χ1v) is 8.78. The van der Waals surface area contributed by atoms with E-state index in [-0.39, 0.29) is 4.90 Å². The van der Waals surface area contributed by atoms with Gasteiger partial charge in [0, 0.05) is 17.5 Å². The van der Waals surface area contributed by atoms with Gasteiger partial charge in [-0.2, -0.15) is 0 Å². The number of hydrogen-bond donors (Lipinski definition) is 1. The Bertz CT molecular complexity index is 877. The van der Waals surface area contributed by atoms with Gasteiger partial charge in [0.1, 0.15) is 5.76 Å². The van der Waals surface area contributed by atoms with Crippen molar-refractivity contribution in [2.24, 2.45) is 5.14 Å². The number of rotatable bonds is 2. The highest BCUT2D eigenvalue weighted by molar-refractivity contribution is 7.89. The van der Waals surface area contributed by atoms with Gasteiger partial charge in [-0.25, -0.2) is 13.6 Å². The van der Waals surface area contributed by atoms with Gasteiger partial charge in [0.15, 0.2) is 11.5 Å². The Kier molecular flexibility index (Phi) is 4.30. The molecule has 0 saturated heterocycles. The molecule has 0 spiro atoms. The molecule has 0 fully saturated rings. The number of benzene rings is 2. The molecule has 0 saturated carbocycles. The highest BCUT2D eigenvalue weighted by Crippen LogP contribution is 2.34. The molecule has 3 rings (SSSR count). The van der Waals surface area contributed by atoms with Gasteiger partial charge in [0.25, 0.3) is 0 Å². The van der Waals surface area contributed by atoms with Crippen LogP contribution < -0.4 is 14.6 Å². The van der Waals surface area contributed by atoms with Gasteiger partial charge in [-0.3, -0.25) is 0 Å². The summed E-state index contributed by atoms with van der Waals surface area (Å²) in [5, 5.41) is 5.75. The number of primary sulfonamides is 1. The van der Waals surface area contributed by atoms with E-state index in [0.29, 0.717) is 35.3 Å². The van der Waals surface area contributed by atoms with Gasteiger partial charge < -0.3 is 9.47 Å². The van der Waals surface area contributed by atoms with E-state index in [9.17, 15) is 8.42 Å². The van der Waals surface area contributed by atoms with Crippen LogP contribution in [-0.4, -0.2) is 15.0 Å². The maximum atomic E-state index is 11.4. The molecule has 0 unspecified atom stereocenters. The fourth-order valence-electron chi connectivity index (χ4n) is 2.18. The molecule has 1 heterocycles. The number of nitrogens with two attached hydrogens (primary N) is 1. The topological polar surface area (TPSA) is 78.6 Å². The summed E-state index contributed by atoms with van der Waals surface area (Å²) in [6.45, 7) is 0.358. The van der Waals surface area contributed by atoms with Crippen LogP contribution in [-0.2, 0) is 10.0 Å². The molecule has 23 heavy (non-hydrogen) atoms. The zero-order valence-electron chi connectivity index (χ0n) is 12.0. The summed E-state index contributed by atoms with van der Waals surface area (Å²) in [4.78, 5) is -0.0154. The number of hydrogen-bond acceptors (Lipinski definition) is 4. The zero-order valence-corrected chi connectivity index (χ0v) is 13.6. The lowest BCUT2D eigenvalue weighted by Gasteiger charge is -2.09. The minimum Gasteiger partial charge on any atom is -0.489 e. The third-order valence-corrected chi connectivity index (χ3v) is 4.57. The van der Waals surface area contributed by atoms with E-state index >= 15 is 0 Å². The molecule has 0 atom stereocenters. The van der Waals surface area contributed by atoms with Gasteiger partial charge in [0.05, 0.1) is 11.5 Å². The van der Waals surface area contributed by atoms with Crippen molar-refractivity contribution in [3.63, 3.8) is 0 Å². The van der Waals surface area contributed by atoms with Crippen LogP contribution in [0.5, 0.6) is 11.5 Å². The summed E-state index contributed by atoms with van der Waals surface area (Å²) < 4.78 is 34.2. The smallest absolute Gasteiger partial charge is 0.238 e. The second kappa shape index (κ2) is 6.23. The minimum absolute atomic E-state index is 0.0154. The second-order valence-electron chi connectivity index (χ2n) is 4.99. The number of halogens is 1. The lowest BCUT2D eigenvalue weighted by atomic mass is 10.2. The van der Waals surface area contributed by atoms with Crippen LogP contribution in [0.4, 0.5) is 0 Å². The third-order valence-electron chi connectivity index (χ3n) is 3.31. The van der Waals surface area contributed by atoms with Gasteiger partial charge in [-0.1, -0.05) is 29.8 Å². The molecule has 5 nitrogen and oxygen atoms in total. The van der Waals surface area contributed by atoms with Crippen LogP contribution in [0.1, 0.15) is 12.0 Å². The molecule has 2 aromatic carbocycles. The third kappa shape index (κ3) is 3.67. The van der Waals surface area contributed by atoms with Crippen LogP contribution in [0.25, 0.3) is 6.08 Å². The highest BCUT2D eigenvalue weighted by atomic mass is 35.5. The fraction of sp³-hybridized carbons (Fsp3) is 0.125. The quantitative estimate of drug-likeness (QED) is 0.901. The van der Waals surface area contributed by atoms with Crippen LogP contribution in [0.2, 0.25) is 5.02 Å². The summed E-state index contributed by atoms with van der Waals surface area (Å²) in [6, 6.07) is 11.7. The Morgan fingerprint density at radius 3 is 2.65 bits per heavy atom. The molecule has 0 aliphatic carbocycles. The fourth-order valence-corrected chi connectivity index (χ4v) is 2.90. The van der Waals surface area contributed by atoms with Gasteiger partial charge in [-0.15, -0.1) is 0 Å². The predicted molar refractivity (Wildman–Crippen MR) is 88.0 cm³/mol. The van der Waals surface area contributed by atoms with Crippen molar-refractivity contribution in [1.82, 2.24) is 0 Å². The molecule has 2 aromatic rings. The first-order valence-electron chi connectivity index (χ1n) is 6.86. The lowest BCUT2D eigenvalue weighted by Crippen LogP contribution is -2.12. The van der Waals surface area contributed by atoms with Crippen LogP contribution >= 0.6 is 11.6 Å². The van der Waals surface area contributed by atoms with Crippen molar-refractivity contribution in [2.75, 3.05) is 6.61 Å². The molecule has 0 amide bonds. The second-order valence-corrected chi connectivity index (χ2v) is 6.95. The summed E-state index contributed by atoms with van der Waals surface area (Å²) in [6.07, 6.45) is 2.37. The normalized spacial score (nSPS) is 16.2. The molecule has 0 bridgehead atoms. The maximum absolute atomic E-state index is 11.4. The SMILES string of the molecule is NS(=O)(=O)c1ccc2c(c1)OCCC(=Cc1ccccc1Cl)O2. The van der Waals surface area contributed by atoms with Gasteiger partial charge in [-0.05, 0) is 29.8 Å². The van der Waals surface area contributed by atoms with Crippen molar-refractivity contribution in [3.8, 4) is 11.5 Å². The minimum atomic E-state index is -3.78. The van der Waals surface area contributed by atoms with E-state index in [0.717, 1.165) is 5.56 Å². The molecule has 0 aromatic heterocycles. The molecular formula is C16H14ClNO4S. The van der Waals surface area contributed by atoms with E-state index in [1.807, 2.05) is 24.3 Å². The van der Waals surface area contributed by atoms with Crippen molar-refractivity contribution in [1.29, 1.82) is 0 Å². The van der Waals surface area contributed by atoms with E-state index < -0.39 is 10.0 Å². The first kappa shape index (κ1) is 15.9.